The zero-order valence-electron chi connectivity index (χ0n) is 11.2. The number of hydrogen-bond acceptors (Lipinski definition) is 3. The van der Waals surface area contributed by atoms with E-state index in [2.05, 4.69) is 11.2 Å². The molecule has 1 aromatic rings. The molecule has 0 saturated carbocycles. The molecule has 2 N–H and O–H groups in total. The molecule has 1 aromatic carbocycles. The van der Waals surface area contributed by atoms with Gasteiger partial charge < -0.3 is 10.6 Å². The molecule has 0 radical (unpaired) electrons. The number of carbonyl (C=O) groups excluding carboxylic acids is 1. The lowest BCUT2D eigenvalue weighted by atomic mass is 10.2. The zero-order chi connectivity index (χ0) is 15.7. The number of anilines is 1. The quantitative estimate of drug-likeness (QED) is 0.600. The number of hydrogen-bond donors (Lipinski definition) is 2. The van der Waals surface area contributed by atoms with Gasteiger partial charge in [-0.15, -0.1) is 18.2 Å². The average Bonchev–Trinajstić information content (AvgIpc) is 2.42. The molecule has 0 bridgehead atoms. The molecule has 114 valence electrons. The lowest BCUT2D eigenvalue weighted by Crippen LogP contribution is -2.30. The number of carbonyl (C=O) groups is 1. The molecule has 0 saturated heterocycles. The van der Waals surface area contributed by atoms with Gasteiger partial charge in [-0.2, -0.15) is 13.2 Å². The zero-order valence-corrected chi connectivity index (χ0v) is 12.0. The molecule has 0 fully saturated rings. The number of halogens is 3. The van der Waals surface area contributed by atoms with Gasteiger partial charge in [-0.25, -0.2) is 0 Å². The normalized spacial score (nSPS) is 11.0. The molecule has 0 atom stereocenters. The summed E-state index contributed by atoms with van der Waals surface area (Å²) in [6, 6.07) is 6.28. The highest BCUT2D eigenvalue weighted by molar-refractivity contribution is 7.99. The maximum atomic E-state index is 12.1. The molecule has 0 aromatic heterocycles. The fourth-order valence-corrected chi connectivity index (χ4v) is 2.02. The summed E-state index contributed by atoms with van der Waals surface area (Å²) in [5, 5.41) is 4.97. The second-order valence-corrected chi connectivity index (χ2v) is 5.19. The van der Waals surface area contributed by atoms with Crippen LogP contribution in [0.25, 0.3) is 0 Å². The van der Waals surface area contributed by atoms with E-state index in [4.69, 9.17) is 6.42 Å². The lowest BCUT2D eigenvalue weighted by molar-refractivity contribution is -0.167. The molecule has 0 aliphatic rings. The van der Waals surface area contributed by atoms with Crippen LogP contribution in [0, 0.1) is 12.3 Å². The van der Waals surface area contributed by atoms with Crippen LogP contribution in [-0.4, -0.2) is 30.1 Å². The van der Waals surface area contributed by atoms with Crippen molar-refractivity contribution in [2.24, 2.45) is 0 Å². The van der Waals surface area contributed by atoms with E-state index in [9.17, 15) is 18.0 Å². The van der Waals surface area contributed by atoms with Crippen LogP contribution in [0.3, 0.4) is 0 Å². The van der Waals surface area contributed by atoms with E-state index in [0.29, 0.717) is 12.3 Å². The van der Waals surface area contributed by atoms with Gasteiger partial charge in [0.15, 0.2) is 0 Å². The van der Waals surface area contributed by atoms with Crippen LogP contribution in [0.4, 0.5) is 18.9 Å². The number of amides is 1. The summed E-state index contributed by atoms with van der Waals surface area (Å²) < 4.78 is 36.4. The number of rotatable bonds is 7. The van der Waals surface area contributed by atoms with Crippen LogP contribution in [0.2, 0.25) is 0 Å². The summed E-state index contributed by atoms with van der Waals surface area (Å²) in [6.07, 6.45) is 0.229. The second-order valence-electron chi connectivity index (χ2n) is 4.09. The first-order valence-corrected chi connectivity index (χ1v) is 7.28. The summed E-state index contributed by atoms with van der Waals surface area (Å²) in [7, 11) is 0. The van der Waals surface area contributed by atoms with Gasteiger partial charge in [0.05, 0.1) is 5.75 Å². The van der Waals surface area contributed by atoms with Crippen molar-refractivity contribution in [2.75, 3.05) is 23.4 Å². The van der Waals surface area contributed by atoms with Crippen LogP contribution in [0.15, 0.2) is 24.3 Å². The van der Waals surface area contributed by atoms with E-state index in [-0.39, 0.29) is 5.69 Å². The average molecular weight is 316 g/mol. The molecule has 1 amide bonds. The van der Waals surface area contributed by atoms with Crippen LogP contribution in [-0.2, 0) is 11.3 Å². The van der Waals surface area contributed by atoms with Gasteiger partial charge in [0.2, 0.25) is 0 Å². The standard InChI is InChI=1S/C14H15F3N2OS/c1-2-7-21-8-6-18-10-11-4-3-5-12(9-11)19-13(20)14(15,16)17/h1,3-5,9,18H,6-8,10H2,(H,19,20). The van der Waals surface area contributed by atoms with Crippen molar-refractivity contribution in [1.82, 2.24) is 5.32 Å². The summed E-state index contributed by atoms with van der Waals surface area (Å²) >= 11 is 1.62. The van der Waals surface area contributed by atoms with Gasteiger partial charge in [0, 0.05) is 24.5 Å². The van der Waals surface area contributed by atoms with Crippen molar-refractivity contribution in [3.8, 4) is 12.3 Å². The van der Waals surface area contributed by atoms with Gasteiger partial charge in [0.25, 0.3) is 0 Å². The minimum atomic E-state index is -4.89. The van der Waals surface area contributed by atoms with E-state index in [1.54, 1.807) is 23.9 Å². The highest BCUT2D eigenvalue weighted by Gasteiger charge is 2.38. The molecule has 3 nitrogen and oxygen atoms in total. The van der Waals surface area contributed by atoms with Crippen molar-refractivity contribution < 1.29 is 18.0 Å². The first-order valence-electron chi connectivity index (χ1n) is 6.12. The Morgan fingerprint density at radius 3 is 2.81 bits per heavy atom. The second kappa shape index (κ2) is 8.60. The highest BCUT2D eigenvalue weighted by Crippen LogP contribution is 2.18. The molecular weight excluding hydrogens is 301 g/mol. The van der Waals surface area contributed by atoms with Crippen LogP contribution >= 0.6 is 11.8 Å². The van der Waals surface area contributed by atoms with E-state index >= 15 is 0 Å². The van der Waals surface area contributed by atoms with Gasteiger partial charge >= 0.3 is 12.1 Å². The van der Waals surface area contributed by atoms with Crippen molar-refractivity contribution in [3.05, 3.63) is 29.8 Å². The Balaban J connectivity index is 2.42. The van der Waals surface area contributed by atoms with Crippen molar-refractivity contribution in [2.45, 2.75) is 12.7 Å². The van der Waals surface area contributed by atoms with Gasteiger partial charge in [-0.05, 0) is 17.7 Å². The monoisotopic (exact) mass is 316 g/mol. The predicted octanol–water partition coefficient (Wildman–Crippen LogP) is 2.64. The SMILES string of the molecule is C#CCSCCNCc1cccc(NC(=O)C(F)(F)F)c1. The lowest BCUT2D eigenvalue weighted by Gasteiger charge is -2.10. The van der Waals surface area contributed by atoms with Gasteiger partial charge in [-0.1, -0.05) is 18.1 Å². The molecule has 0 unspecified atom stereocenters. The minimum absolute atomic E-state index is 0.123. The van der Waals surface area contributed by atoms with Gasteiger partial charge in [-0.3, -0.25) is 4.79 Å². The summed E-state index contributed by atoms with van der Waals surface area (Å²) in [5.41, 5.74) is 0.912. The Labute approximate surface area is 125 Å². The smallest absolute Gasteiger partial charge is 0.318 e. The third-order valence-electron chi connectivity index (χ3n) is 2.38. The van der Waals surface area contributed by atoms with E-state index in [0.717, 1.165) is 17.9 Å². The largest absolute Gasteiger partial charge is 0.471 e. The van der Waals surface area contributed by atoms with Crippen LogP contribution in [0.5, 0.6) is 0 Å². The highest BCUT2D eigenvalue weighted by atomic mass is 32.2. The Bertz CT molecular complexity index is 512. The molecule has 7 heteroatoms. The molecule has 1 rings (SSSR count). The molecule has 21 heavy (non-hydrogen) atoms. The number of terminal acetylenes is 1. The minimum Gasteiger partial charge on any atom is -0.318 e. The molecule has 0 heterocycles. The Morgan fingerprint density at radius 1 is 1.38 bits per heavy atom. The van der Waals surface area contributed by atoms with Crippen molar-refractivity contribution in [3.63, 3.8) is 0 Å². The molecular formula is C14H15F3N2OS. The van der Waals surface area contributed by atoms with E-state index in [1.165, 1.54) is 12.1 Å². The van der Waals surface area contributed by atoms with Crippen LogP contribution < -0.4 is 10.6 Å². The third-order valence-corrected chi connectivity index (χ3v) is 3.24. The summed E-state index contributed by atoms with van der Waals surface area (Å²) in [5.74, 6) is 2.05. The number of nitrogens with one attached hydrogen (secondary N) is 2. The number of benzene rings is 1. The maximum absolute atomic E-state index is 12.1. The molecule has 0 spiro atoms. The third kappa shape index (κ3) is 7.06. The van der Waals surface area contributed by atoms with E-state index in [1.807, 2.05) is 5.32 Å². The summed E-state index contributed by atoms with van der Waals surface area (Å²) in [4.78, 5) is 10.8. The van der Waals surface area contributed by atoms with Crippen LogP contribution in [0.1, 0.15) is 5.56 Å². The molecule has 0 aliphatic heterocycles. The maximum Gasteiger partial charge on any atom is 0.471 e. The molecule has 0 aliphatic carbocycles. The van der Waals surface area contributed by atoms with E-state index < -0.39 is 12.1 Å². The van der Waals surface area contributed by atoms with Gasteiger partial charge in [0.1, 0.15) is 0 Å². The Morgan fingerprint density at radius 2 is 2.14 bits per heavy atom. The Kier molecular flexibility index (Phi) is 7.12. The topological polar surface area (TPSA) is 41.1 Å². The Hall–Kier alpha value is -1.65. The predicted molar refractivity (Wildman–Crippen MR) is 79.0 cm³/mol. The van der Waals surface area contributed by atoms with Crippen molar-refractivity contribution in [1.29, 1.82) is 0 Å². The fraction of sp³-hybridized carbons (Fsp3) is 0.357. The fourth-order valence-electron chi connectivity index (χ4n) is 1.47. The van der Waals surface area contributed by atoms with Crippen molar-refractivity contribution >= 4 is 23.4 Å². The first kappa shape index (κ1) is 17.4. The first-order chi connectivity index (χ1) is 9.93. The number of thioether (sulfide) groups is 1. The number of alkyl halides is 3. The summed E-state index contributed by atoms with van der Waals surface area (Å²) in [6.45, 7) is 1.25.